The minimum Gasteiger partial charge on any atom is -0.380 e. The average Bonchev–Trinajstić information content (AvgIpc) is 2.64. The Balaban J connectivity index is 0.00000312. The Bertz CT molecular complexity index is 489. The fourth-order valence-electron chi connectivity index (χ4n) is 3.34. The number of nitrogens with one attached hydrogen (secondary N) is 1. The zero-order chi connectivity index (χ0) is 17.2. The summed E-state index contributed by atoms with van der Waals surface area (Å²) in [7, 11) is 1.86. The molecule has 1 aromatic rings. The molecule has 1 N–H and O–H groups in total. The summed E-state index contributed by atoms with van der Waals surface area (Å²) < 4.78 is 5.38. The summed E-state index contributed by atoms with van der Waals surface area (Å²) >= 11 is 0. The van der Waals surface area contributed by atoms with Crippen LogP contribution in [0.5, 0.6) is 0 Å². The minimum atomic E-state index is 0. The summed E-state index contributed by atoms with van der Waals surface area (Å²) in [4.78, 5) is 9.36. The third-order valence-electron chi connectivity index (χ3n) is 4.57. The number of aliphatic imine (C=N–C) groups is 1. The molecule has 0 aliphatic carbocycles. The van der Waals surface area contributed by atoms with Crippen molar-refractivity contribution in [2.24, 2.45) is 4.99 Å². The second-order valence-corrected chi connectivity index (χ2v) is 6.03. The van der Waals surface area contributed by atoms with Crippen molar-refractivity contribution in [3.63, 3.8) is 0 Å². The third kappa shape index (κ3) is 6.75. The molecule has 1 aliphatic rings. The fraction of sp³-hybridized carbons (Fsp3) is 0.632. The Hall–Kier alpha value is -0.860. The number of nitrogens with zero attached hydrogens (tertiary/aromatic N) is 3. The molecule has 5 nitrogen and oxygen atoms in total. The standard InChI is InChI=1S/C19H32N4O.HI/c1-4-18(17-9-7-6-8-10-17)22-12-14-23(15-13-22)19(20-3)21-11-16-24-5-2;/h6-10,18H,4-5,11-16H2,1-3H3,(H,20,21);1H. The van der Waals surface area contributed by atoms with Gasteiger partial charge < -0.3 is 15.0 Å². The third-order valence-corrected chi connectivity index (χ3v) is 4.57. The maximum atomic E-state index is 5.38. The van der Waals surface area contributed by atoms with Crippen LogP contribution in [-0.2, 0) is 4.74 Å². The van der Waals surface area contributed by atoms with Crippen molar-refractivity contribution in [3.05, 3.63) is 35.9 Å². The van der Waals surface area contributed by atoms with E-state index in [-0.39, 0.29) is 24.0 Å². The highest BCUT2D eigenvalue weighted by Crippen LogP contribution is 2.25. The predicted molar refractivity (Wildman–Crippen MR) is 116 cm³/mol. The quantitative estimate of drug-likeness (QED) is 0.294. The Morgan fingerprint density at radius 2 is 1.84 bits per heavy atom. The van der Waals surface area contributed by atoms with E-state index in [1.165, 1.54) is 5.56 Å². The topological polar surface area (TPSA) is 40.1 Å². The van der Waals surface area contributed by atoms with Crippen molar-refractivity contribution in [1.29, 1.82) is 0 Å². The number of hydrogen-bond donors (Lipinski definition) is 1. The number of guanidine groups is 1. The monoisotopic (exact) mass is 460 g/mol. The van der Waals surface area contributed by atoms with Gasteiger partial charge in [0, 0.05) is 52.4 Å². The van der Waals surface area contributed by atoms with Crippen molar-refractivity contribution in [1.82, 2.24) is 15.1 Å². The fourth-order valence-corrected chi connectivity index (χ4v) is 3.34. The van der Waals surface area contributed by atoms with Gasteiger partial charge in [-0.1, -0.05) is 37.3 Å². The number of benzene rings is 1. The van der Waals surface area contributed by atoms with Gasteiger partial charge >= 0.3 is 0 Å². The Labute approximate surface area is 169 Å². The maximum absolute atomic E-state index is 5.38. The number of rotatable bonds is 7. The molecule has 0 spiro atoms. The molecule has 1 unspecified atom stereocenters. The zero-order valence-electron chi connectivity index (χ0n) is 15.8. The molecule has 2 rings (SSSR count). The van der Waals surface area contributed by atoms with Crippen molar-refractivity contribution < 1.29 is 4.74 Å². The largest absolute Gasteiger partial charge is 0.380 e. The lowest BCUT2D eigenvalue weighted by Gasteiger charge is -2.40. The van der Waals surface area contributed by atoms with Crippen LogP contribution in [0, 0.1) is 0 Å². The summed E-state index contributed by atoms with van der Waals surface area (Å²) in [5.74, 6) is 0.988. The second-order valence-electron chi connectivity index (χ2n) is 6.03. The van der Waals surface area contributed by atoms with Crippen LogP contribution >= 0.6 is 24.0 Å². The van der Waals surface area contributed by atoms with Gasteiger partial charge in [-0.25, -0.2) is 0 Å². The van der Waals surface area contributed by atoms with Crippen LogP contribution in [0.15, 0.2) is 35.3 Å². The summed E-state index contributed by atoms with van der Waals surface area (Å²) in [5.41, 5.74) is 1.42. The highest BCUT2D eigenvalue weighted by molar-refractivity contribution is 14.0. The van der Waals surface area contributed by atoms with E-state index in [1.807, 2.05) is 14.0 Å². The molecule has 0 saturated carbocycles. The van der Waals surface area contributed by atoms with Gasteiger partial charge in [0.2, 0.25) is 0 Å². The predicted octanol–water partition coefficient (Wildman–Crippen LogP) is 2.99. The normalized spacial score (nSPS) is 17.1. The van der Waals surface area contributed by atoms with E-state index in [0.29, 0.717) is 6.04 Å². The van der Waals surface area contributed by atoms with E-state index in [4.69, 9.17) is 4.74 Å². The van der Waals surface area contributed by atoms with E-state index in [1.54, 1.807) is 0 Å². The molecule has 6 heteroatoms. The van der Waals surface area contributed by atoms with Crippen molar-refractivity contribution in [3.8, 4) is 0 Å². The molecular weight excluding hydrogens is 427 g/mol. The number of halogens is 1. The first-order chi connectivity index (χ1) is 11.8. The first kappa shape index (κ1) is 22.2. The van der Waals surface area contributed by atoms with Gasteiger partial charge in [0.25, 0.3) is 0 Å². The van der Waals surface area contributed by atoms with Crippen molar-refractivity contribution in [2.45, 2.75) is 26.3 Å². The summed E-state index contributed by atoms with van der Waals surface area (Å²) in [6, 6.07) is 11.4. The highest BCUT2D eigenvalue weighted by atomic mass is 127. The number of ether oxygens (including phenoxy) is 1. The molecule has 142 valence electrons. The van der Waals surface area contributed by atoms with Gasteiger partial charge in [0.05, 0.1) is 6.61 Å². The Morgan fingerprint density at radius 1 is 1.16 bits per heavy atom. The molecule has 1 heterocycles. The molecule has 1 aromatic carbocycles. The van der Waals surface area contributed by atoms with Gasteiger partial charge in [0.15, 0.2) is 5.96 Å². The molecule has 1 atom stereocenters. The van der Waals surface area contributed by atoms with E-state index in [0.717, 1.165) is 58.3 Å². The minimum absolute atomic E-state index is 0. The smallest absolute Gasteiger partial charge is 0.193 e. The Morgan fingerprint density at radius 3 is 2.40 bits per heavy atom. The SMILES string of the molecule is CCOCCNC(=NC)N1CCN(C(CC)c2ccccc2)CC1.I. The number of hydrogen-bond acceptors (Lipinski definition) is 3. The van der Waals surface area contributed by atoms with Crippen LogP contribution in [0.3, 0.4) is 0 Å². The molecule has 0 aromatic heterocycles. The lowest BCUT2D eigenvalue weighted by Crippen LogP contribution is -2.53. The first-order valence-corrected chi connectivity index (χ1v) is 9.12. The molecule has 0 amide bonds. The van der Waals surface area contributed by atoms with Gasteiger partial charge in [-0.05, 0) is 18.9 Å². The van der Waals surface area contributed by atoms with Crippen LogP contribution in [0.4, 0.5) is 0 Å². The average molecular weight is 460 g/mol. The number of piperazine rings is 1. The molecule has 1 saturated heterocycles. The van der Waals surface area contributed by atoms with Gasteiger partial charge in [0.1, 0.15) is 0 Å². The van der Waals surface area contributed by atoms with E-state index in [2.05, 4.69) is 57.4 Å². The Kier molecular flexibility index (Phi) is 11.1. The van der Waals surface area contributed by atoms with Gasteiger partial charge in [-0.2, -0.15) is 0 Å². The van der Waals surface area contributed by atoms with Crippen LogP contribution in [0.2, 0.25) is 0 Å². The van der Waals surface area contributed by atoms with Crippen LogP contribution in [0.25, 0.3) is 0 Å². The molecular formula is C19H33IN4O. The van der Waals surface area contributed by atoms with Gasteiger partial charge in [-0.3, -0.25) is 9.89 Å². The summed E-state index contributed by atoms with van der Waals surface area (Å²) in [6.07, 6.45) is 1.14. The van der Waals surface area contributed by atoms with Crippen molar-refractivity contribution in [2.75, 3.05) is 53.0 Å². The lowest BCUT2D eigenvalue weighted by atomic mass is 10.0. The second kappa shape index (κ2) is 12.5. The zero-order valence-corrected chi connectivity index (χ0v) is 18.1. The molecule has 0 radical (unpaired) electrons. The van der Waals surface area contributed by atoms with Crippen LogP contribution in [-0.4, -0.2) is 68.7 Å². The molecule has 1 aliphatic heterocycles. The first-order valence-electron chi connectivity index (χ1n) is 9.12. The molecule has 0 bridgehead atoms. The van der Waals surface area contributed by atoms with E-state index in [9.17, 15) is 0 Å². The van der Waals surface area contributed by atoms with E-state index >= 15 is 0 Å². The van der Waals surface area contributed by atoms with E-state index < -0.39 is 0 Å². The maximum Gasteiger partial charge on any atom is 0.193 e. The lowest BCUT2D eigenvalue weighted by molar-refractivity contribution is 0.125. The van der Waals surface area contributed by atoms with Crippen LogP contribution < -0.4 is 5.32 Å². The molecule has 1 fully saturated rings. The highest BCUT2D eigenvalue weighted by Gasteiger charge is 2.25. The summed E-state index contributed by atoms with van der Waals surface area (Å²) in [6.45, 7) is 10.7. The molecule has 25 heavy (non-hydrogen) atoms. The van der Waals surface area contributed by atoms with Gasteiger partial charge in [-0.15, -0.1) is 24.0 Å². The van der Waals surface area contributed by atoms with Crippen LogP contribution in [0.1, 0.15) is 31.9 Å². The van der Waals surface area contributed by atoms with Crippen molar-refractivity contribution >= 4 is 29.9 Å². The summed E-state index contributed by atoms with van der Waals surface area (Å²) in [5, 5.41) is 3.40.